The van der Waals surface area contributed by atoms with Gasteiger partial charge in [-0.2, -0.15) is 0 Å². The van der Waals surface area contributed by atoms with Crippen LogP contribution in [0.4, 0.5) is 5.82 Å². The molecule has 1 aromatic carbocycles. The topological polar surface area (TPSA) is 91.2 Å². The molecule has 3 N–H and O–H groups in total. The number of aromatic nitrogens is 3. The van der Waals surface area contributed by atoms with E-state index in [9.17, 15) is 10.2 Å². The number of nitrogens with zero attached hydrogens (tertiary/aromatic N) is 3. The lowest BCUT2D eigenvalue weighted by Crippen LogP contribution is -2.48. The Hall–Kier alpha value is -2.44. The van der Waals surface area contributed by atoms with E-state index < -0.39 is 5.60 Å². The maximum atomic E-state index is 10.4. The molecule has 0 saturated heterocycles. The first-order valence-corrected chi connectivity index (χ1v) is 8.82. The minimum Gasteiger partial charge on any atom is -0.507 e. The zero-order valence-electron chi connectivity index (χ0n) is 14.5. The lowest BCUT2D eigenvalue weighted by atomic mass is 9.77. The number of benzene rings is 1. The van der Waals surface area contributed by atoms with Crippen molar-refractivity contribution < 1.29 is 10.2 Å². The molecule has 0 amide bonds. The summed E-state index contributed by atoms with van der Waals surface area (Å²) >= 11 is 6.02. The van der Waals surface area contributed by atoms with Gasteiger partial charge >= 0.3 is 0 Å². The van der Waals surface area contributed by atoms with Gasteiger partial charge in [-0.05, 0) is 56.5 Å². The first-order valence-electron chi connectivity index (χ1n) is 8.44. The first-order chi connectivity index (χ1) is 12.3. The van der Waals surface area contributed by atoms with Crippen LogP contribution in [-0.2, 0) is 0 Å². The average Bonchev–Trinajstić information content (AvgIpc) is 2.54. The molecular weight excluding hydrogens is 352 g/mol. The van der Waals surface area contributed by atoms with Gasteiger partial charge in [0, 0.05) is 28.2 Å². The Morgan fingerprint density at radius 2 is 2.04 bits per heavy atom. The molecule has 0 aliphatic heterocycles. The fourth-order valence-electron chi connectivity index (χ4n) is 3.60. The number of aliphatic hydroxyl groups is 1. The smallest absolute Gasteiger partial charge is 0.175 e. The number of rotatable bonds is 3. The first kappa shape index (κ1) is 17.0. The highest BCUT2D eigenvalue weighted by Crippen LogP contribution is 2.39. The lowest BCUT2D eigenvalue weighted by molar-refractivity contribution is -0.0235. The Morgan fingerprint density at radius 1 is 1.27 bits per heavy atom. The summed E-state index contributed by atoms with van der Waals surface area (Å²) in [6.45, 7) is 3.69. The van der Waals surface area contributed by atoms with E-state index in [2.05, 4.69) is 20.5 Å². The molecule has 0 spiro atoms. The molecule has 0 radical (unpaired) electrons. The number of halogens is 1. The van der Waals surface area contributed by atoms with Crippen molar-refractivity contribution in [3.63, 3.8) is 0 Å². The SMILES string of the molecule is Cc1cc(Cl)cc(O)c1-c1nnc(NC2CC(C)(O)C2)c2ncccc12. The van der Waals surface area contributed by atoms with Crippen molar-refractivity contribution in [2.75, 3.05) is 5.32 Å². The molecule has 4 rings (SSSR count). The molecule has 0 bridgehead atoms. The maximum Gasteiger partial charge on any atom is 0.175 e. The summed E-state index contributed by atoms with van der Waals surface area (Å²) in [6, 6.07) is 7.15. The van der Waals surface area contributed by atoms with Crippen molar-refractivity contribution in [3.8, 4) is 17.0 Å². The Kier molecular flexibility index (Phi) is 3.97. The van der Waals surface area contributed by atoms with Crippen LogP contribution in [0.2, 0.25) is 5.02 Å². The van der Waals surface area contributed by atoms with Crippen molar-refractivity contribution in [2.45, 2.75) is 38.3 Å². The summed E-state index contributed by atoms with van der Waals surface area (Å²) in [5.41, 5.74) is 2.02. The van der Waals surface area contributed by atoms with Crippen LogP contribution in [0.1, 0.15) is 25.3 Å². The van der Waals surface area contributed by atoms with Crippen LogP contribution in [0.15, 0.2) is 30.5 Å². The molecule has 1 saturated carbocycles. The number of hydrogen-bond donors (Lipinski definition) is 3. The Bertz CT molecular complexity index is 975. The third-order valence-electron chi connectivity index (χ3n) is 4.77. The standard InChI is InChI=1S/C19H19ClN4O2/c1-10-6-11(20)7-14(25)15(10)16-13-4-3-5-21-17(13)18(24-23-16)22-12-8-19(2,26)9-12/h3-7,12,25-26H,8-9H2,1-2H3,(H,22,24). The third-order valence-corrected chi connectivity index (χ3v) is 4.98. The van der Waals surface area contributed by atoms with Gasteiger partial charge in [-0.3, -0.25) is 4.98 Å². The number of pyridine rings is 1. The largest absolute Gasteiger partial charge is 0.507 e. The Morgan fingerprint density at radius 3 is 2.73 bits per heavy atom. The second kappa shape index (κ2) is 6.07. The minimum absolute atomic E-state index is 0.0604. The number of fused-ring (bicyclic) bond motifs is 1. The van der Waals surface area contributed by atoms with Crippen LogP contribution in [0.5, 0.6) is 5.75 Å². The Balaban J connectivity index is 1.81. The predicted octanol–water partition coefficient (Wildman–Crippen LogP) is 3.68. The molecule has 7 heteroatoms. The summed E-state index contributed by atoms with van der Waals surface area (Å²) < 4.78 is 0. The fourth-order valence-corrected chi connectivity index (χ4v) is 3.87. The molecule has 6 nitrogen and oxygen atoms in total. The molecule has 0 atom stereocenters. The van der Waals surface area contributed by atoms with Crippen LogP contribution >= 0.6 is 11.6 Å². The molecular formula is C19H19ClN4O2. The highest BCUT2D eigenvalue weighted by atomic mass is 35.5. The molecule has 0 unspecified atom stereocenters. The monoisotopic (exact) mass is 370 g/mol. The van der Waals surface area contributed by atoms with Gasteiger partial charge in [-0.1, -0.05) is 11.6 Å². The molecule has 1 aliphatic carbocycles. The zero-order valence-corrected chi connectivity index (χ0v) is 15.2. The van der Waals surface area contributed by atoms with Crippen molar-refractivity contribution >= 4 is 28.3 Å². The van der Waals surface area contributed by atoms with E-state index in [4.69, 9.17) is 11.6 Å². The van der Waals surface area contributed by atoms with E-state index in [0.717, 1.165) is 10.9 Å². The maximum absolute atomic E-state index is 10.4. The van der Waals surface area contributed by atoms with Gasteiger partial charge in [0.05, 0.1) is 5.60 Å². The number of phenolic OH excluding ortho intramolecular Hbond substituents is 1. The molecule has 1 fully saturated rings. The van der Waals surface area contributed by atoms with Gasteiger partial charge in [0.1, 0.15) is 17.0 Å². The molecule has 1 aliphatic rings. The van der Waals surface area contributed by atoms with Crippen molar-refractivity contribution in [3.05, 3.63) is 41.0 Å². The summed E-state index contributed by atoms with van der Waals surface area (Å²) in [4.78, 5) is 4.46. The van der Waals surface area contributed by atoms with E-state index in [1.54, 1.807) is 12.3 Å². The number of aromatic hydroxyl groups is 1. The number of phenols is 1. The second-order valence-electron chi connectivity index (χ2n) is 7.16. The summed E-state index contributed by atoms with van der Waals surface area (Å²) in [5, 5.41) is 33.5. The van der Waals surface area contributed by atoms with Gasteiger partial charge < -0.3 is 15.5 Å². The Labute approximate surface area is 155 Å². The molecule has 2 heterocycles. The third kappa shape index (κ3) is 2.95. The quantitative estimate of drug-likeness (QED) is 0.651. The van der Waals surface area contributed by atoms with E-state index in [-0.39, 0.29) is 11.8 Å². The van der Waals surface area contributed by atoms with E-state index >= 15 is 0 Å². The number of nitrogens with one attached hydrogen (secondary N) is 1. The van der Waals surface area contributed by atoms with E-state index in [1.807, 2.05) is 26.0 Å². The summed E-state index contributed by atoms with van der Waals surface area (Å²) in [6.07, 6.45) is 3.01. The lowest BCUT2D eigenvalue weighted by Gasteiger charge is -2.41. The number of anilines is 1. The van der Waals surface area contributed by atoms with Gasteiger partial charge in [0.25, 0.3) is 0 Å². The average molecular weight is 371 g/mol. The highest BCUT2D eigenvalue weighted by Gasteiger charge is 2.38. The van der Waals surface area contributed by atoms with E-state index in [1.165, 1.54) is 6.07 Å². The minimum atomic E-state index is -0.625. The van der Waals surface area contributed by atoms with Crippen LogP contribution < -0.4 is 5.32 Å². The normalized spacial score (nSPS) is 22.2. The molecule has 2 aromatic heterocycles. The van der Waals surface area contributed by atoms with Gasteiger partial charge in [0.2, 0.25) is 0 Å². The van der Waals surface area contributed by atoms with Gasteiger partial charge in [0.15, 0.2) is 5.82 Å². The highest BCUT2D eigenvalue weighted by molar-refractivity contribution is 6.31. The van der Waals surface area contributed by atoms with Crippen LogP contribution in [0.25, 0.3) is 22.2 Å². The van der Waals surface area contributed by atoms with Crippen molar-refractivity contribution in [1.29, 1.82) is 0 Å². The fraction of sp³-hybridized carbons (Fsp3) is 0.316. The van der Waals surface area contributed by atoms with Crippen LogP contribution in [-0.4, -0.2) is 37.0 Å². The molecule has 26 heavy (non-hydrogen) atoms. The van der Waals surface area contributed by atoms with Gasteiger partial charge in [-0.15, -0.1) is 10.2 Å². The van der Waals surface area contributed by atoms with Crippen LogP contribution in [0.3, 0.4) is 0 Å². The molecule has 3 aromatic rings. The molecule has 134 valence electrons. The second-order valence-corrected chi connectivity index (χ2v) is 7.60. The number of hydrogen-bond acceptors (Lipinski definition) is 6. The number of aryl methyl sites for hydroxylation is 1. The van der Waals surface area contributed by atoms with Crippen molar-refractivity contribution in [2.24, 2.45) is 0 Å². The summed E-state index contributed by atoms with van der Waals surface area (Å²) in [5.74, 6) is 0.640. The van der Waals surface area contributed by atoms with Gasteiger partial charge in [-0.25, -0.2) is 0 Å². The summed E-state index contributed by atoms with van der Waals surface area (Å²) in [7, 11) is 0. The zero-order chi connectivity index (χ0) is 18.5. The van der Waals surface area contributed by atoms with Crippen molar-refractivity contribution in [1.82, 2.24) is 15.2 Å². The predicted molar refractivity (Wildman–Crippen MR) is 101 cm³/mol. The van der Waals surface area contributed by atoms with Crippen LogP contribution in [0, 0.1) is 6.92 Å². The van der Waals surface area contributed by atoms with E-state index in [0.29, 0.717) is 40.5 Å².